The first kappa shape index (κ1) is 14.8. The minimum absolute atomic E-state index is 0.0951. The van der Waals surface area contributed by atoms with Gasteiger partial charge in [0.05, 0.1) is 6.10 Å². The van der Waals surface area contributed by atoms with Crippen molar-refractivity contribution in [2.24, 2.45) is 17.1 Å². The van der Waals surface area contributed by atoms with Crippen LogP contribution in [0.15, 0.2) is 0 Å². The van der Waals surface area contributed by atoms with Crippen molar-refractivity contribution < 1.29 is 9.53 Å². The number of hydrogen-bond donors (Lipinski definition) is 2. The Bertz CT molecular complexity index is 324. The Morgan fingerprint density at radius 1 is 1.42 bits per heavy atom. The highest BCUT2D eigenvalue weighted by Crippen LogP contribution is 2.54. The molecule has 2 aliphatic rings. The maximum absolute atomic E-state index is 12.2. The number of amides is 1. The molecular formula is C15H28N2O2. The van der Waals surface area contributed by atoms with Crippen LogP contribution in [0.3, 0.4) is 0 Å². The van der Waals surface area contributed by atoms with Gasteiger partial charge in [-0.05, 0) is 33.1 Å². The molecule has 110 valence electrons. The summed E-state index contributed by atoms with van der Waals surface area (Å²) in [4.78, 5) is 12.2. The molecule has 2 fully saturated rings. The van der Waals surface area contributed by atoms with Gasteiger partial charge in [0.25, 0.3) is 0 Å². The van der Waals surface area contributed by atoms with E-state index in [1.165, 1.54) is 25.7 Å². The van der Waals surface area contributed by atoms with Crippen molar-refractivity contribution in [3.63, 3.8) is 0 Å². The van der Waals surface area contributed by atoms with Gasteiger partial charge in [-0.2, -0.15) is 0 Å². The number of rotatable bonds is 5. The summed E-state index contributed by atoms with van der Waals surface area (Å²) < 4.78 is 5.86. The Morgan fingerprint density at radius 3 is 2.58 bits per heavy atom. The van der Waals surface area contributed by atoms with E-state index in [0.717, 1.165) is 13.0 Å². The van der Waals surface area contributed by atoms with Crippen molar-refractivity contribution in [3.8, 4) is 0 Å². The molecule has 4 heteroatoms. The molecule has 0 aliphatic heterocycles. The predicted octanol–water partition coefficient (Wildman–Crippen LogP) is 1.82. The van der Waals surface area contributed by atoms with Crippen molar-refractivity contribution in [2.75, 3.05) is 6.61 Å². The lowest BCUT2D eigenvalue weighted by Crippen LogP contribution is -2.64. The third-order valence-electron chi connectivity index (χ3n) is 5.21. The molecule has 2 saturated carbocycles. The molecule has 4 nitrogen and oxygen atoms in total. The zero-order valence-corrected chi connectivity index (χ0v) is 12.4. The summed E-state index contributed by atoms with van der Waals surface area (Å²) in [5.74, 6) is -0.0224. The third kappa shape index (κ3) is 2.65. The molecule has 1 amide bonds. The van der Waals surface area contributed by atoms with Crippen molar-refractivity contribution in [3.05, 3.63) is 0 Å². The number of nitrogens with one attached hydrogen (secondary N) is 1. The van der Waals surface area contributed by atoms with Gasteiger partial charge in [-0.25, -0.2) is 0 Å². The standard InChI is InChI=1S/C15H28N2O2/c1-4-19-13-9-12(15(13)7-5-6-8-15)17-14(18)10(2)11(3)16/h10-13H,4-9,16H2,1-3H3,(H,17,18). The molecule has 4 atom stereocenters. The third-order valence-corrected chi connectivity index (χ3v) is 5.21. The number of carbonyl (C=O) groups is 1. The number of nitrogens with two attached hydrogens (primary N) is 1. The lowest BCUT2D eigenvalue weighted by Gasteiger charge is -2.54. The highest BCUT2D eigenvalue weighted by Gasteiger charge is 2.57. The second kappa shape index (κ2) is 5.80. The highest BCUT2D eigenvalue weighted by atomic mass is 16.5. The van der Waals surface area contributed by atoms with Crippen molar-refractivity contribution >= 4 is 5.91 Å². The molecular weight excluding hydrogens is 240 g/mol. The summed E-state index contributed by atoms with van der Waals surface area (Å²) in [6, 6.07) is 0.197. The van der Waals surface area contributed by atoms with Crippen LogP contribution >= 0.6 is 0 Å². The average molecular weight is 268 g/mol. The maximum Gasteiger partial charge on any atom is 0.224 e. The fraction of sp³-hybridized carbons (Fsp3) is 0.933. The highest BCUT2D eigenvalue weighted by molar-refractivity contribution is 5.79. The van der Waals surface area contributed by atoms with E-state index in [-0.39, 0.29) is 23.3 Å². The van der Waals surface area contributed by atoms with Crippen LogP contribution in [-0.4, -0.2) is 30.7 Å². The first-order chi connectivity index (χ1) is 9.01. The Kier molecular flexibility index (Phi) is 4.51. The van der Waals surface area contributed by atoms with Gasteiger partial charge in [0.15, 0.2) is 0 Å². The predicted molar refractivity (Wildman–Crippen MR) is 75.7 cm³/mol. The van der Waals surface area contributed by atoms with Crippen molar-refractivity contribution in [2.45, 2.75) is 71.1 Å². The summed E-state index contributed by atoms with van der Waals surface area (Å²) >= 11 is 0. The fourth-order valence-electron chi connectivity index (χ4n) is 3.63. The smallest absolute Gasteiger partial charge is 0.224 e. The van der Waals surface area contributed by atoms with E-state index in [2.05, 4.69) is 5.32 Å². The maximum atomic E-state index is 12.2. The summed E-state index contributed by atoms with van der Waals surface area (Å²) in [7, 11) is 0. The van der Waals surface area contributed by atoms with Gasteiger partial charge >= 0.3 is 0 Å². The van der Waals surface area contributed by atoms with Gasteiger partial charge in [0.2, 0.25) is 5.91 Å². The molecule has 0 aromatic heterocycles. The van der Waals surface area contributed by atoms with E-state index >= 15 is 0 Å². The van der Waals surface area contributed by atoms with Crippen molar-refractivity contribution in [1.29, 1.82) is 0 Å². The SMILES string of the molecule is CCOC1CC(NC(=O)C(C)C(C)N)C12CCCC2. The molecule has 0 heterocycles. The van der Waals surface area contributed by atoms with Crippen LogP contribution < -0.4 is 11.1 Å². The van der Waals surface area contributed by atoms with Crippen LogP contribution in [0.5, 0.6) is 0 Å². The summed E-state index contributed by atoms with van der Waals surface area (Å²) in [5.41, 5.74) is 6.02. The summed E-state index contributed by atoms with van der Waals surface area (Å²) in [6.45, 7) is 6.61. The Balaban J connectivity index is 1.96. The van der Waals surface area contributed by atoms with Crippen LogP contribution in [0.2, 0.25) is 0 Å². The minimum Gasteiger partial charge on any atom is -0.378 e. The first-order valence-electron chi connectivity index (χ1n) is 7.69. The molecule has 0 bridgehead atoms. The van der Waals surface area contributed by atoms with Gasteiger partial charge in [-0.3, -0.25) is 4.79 Å². The van der Waals surface area contributed by atoms with Crippen molar-refractivity contribution in [1.82, 2.24) is 5.32 Å². The summed E-state index contributed by atoms with van der Waals surface area (Å²) in [6.07, 6.45) is 6.21. The molecule has 2 rings (SSSR count). The molecule has 3 N–H and O–H groups in total. The number of hydrogen-bond acceptors (Lipinski definition) is 3. The number of carbonyl (C=O) groups excluding carboxylic acids is 1. The topological polar surface area (TPSA) is 64.3 Å². The molecule has 0 aromatic carbocycles. The van der Waals surface area contributed by atoms with Gasteiger partial charge in [0, 0.05) is 30.0 Å². The van der Waals surface area contributed by atoms with E-state index in [0.29, 0.717) is 12.1 Å². The zero-order valence-electron chi connectivity index (χ0n) is 12.4. The van der Waals surface area contributed by atoms with E-state index in [9.17, 15) is 4.79 Å². The van der Waals surface area contributed by atoms with Gasteiger partial charge in [-0.15, -0.1) is 0 Å². The van der Waals surface area contributed by atoms with E-state index in [4.69, 9.17) is 10.5 Å². The molecule has 19 heavy (non-hydrogen) atoms. The van der Waals surface area contributed by atoms with Gasteiger partial charge in [0.1, 0.15) is 0 Å². The number of ether oxygens (including phenoxy) is 1. The zero-order chi connectivity index (χ0) is 14.0. The van der Waals surface area contributed by atoms with E-state index in [1.807, 2.05) is 20.8 Å². The molecule has 0 radical (unpaired) electrons. The Hall–Kier alpha value is -0.610. The quantitative estimate of drug-likeness (QED) is 0.799. The van der Waals surface area contributed by atoms with Crippen LogP contribution in [0.4, 0.5) is 0 Å². The van der Waals surface area contributed by atoms with Crippen LogP contribution in [0.1, 0.15) is 52.9 Å². The normalized spacial score (nSPS) is 31.8. The fourth-order valence-corrected chi connectivity index (χ4v) is 3.63. The summed E-state index contributed by atoms with van der Waals surface area (Å²) in [5, 5.41) is 3.22. The van der Waals surface area contributed by atoms with E-state index in [1.54, 1.807) is 0 Å². The monoisotopic (exact) mass is 268 g/mol. The lowest BCUT2D eigenvalue weighted by atomic mass is 9.60. The Labute approximate surface area is 116 Å². The second-order valence-corrected chi connectivity index (χ2v) is 6.33. The van der Waals surface area contributed by atoms with Crippen LogP contribution in [0.25, 0.3) is 0 Å². The average Bonchev–Trinajstić information content (AvgIpc) is 2.88. The van der Waals surface area contributed by atoms with Gasteiger partial charge < -0.3 is 15.8 Å². The first-order valence-corrected chi connectivity index (χ1v) is 7.69. The molecule has 4 unspecified atom stereocenters. The van der Waals surface area contributed by atoms with Gasteiger partial charge in [-0.1, -0.05) is 19.8 Å². The minimum atomic E-state index is -0.121. The van der Waals surface area contributed by atoms with Crippen LogP contribution in [-0.2, 0) is 9.53 Å². The molecule has 2 aliphatic carbocycles. The largest absolute Gasteiger partial charge is 0.378 e. The van der Waals surface area contributed by atoms with Crippen LogP contribution in [0, 0.1) is 11.3 Å². The molecule has 0 aromatic rings. The van der Waals surface area contributed by atoms with E-state index < -0.39 is 0 Å². The Morgan fingerprint density at radius 2 is 2.05 bits per heavy atom. The lowest BCUT2D eigenvalue weighted by molar-refractivity contribution is -0.146. The molecule has 0 saturated heterocycles. The molecule has 1 spiro atoms. The second-order valence-electron chi connectivity index (χ2n) is 6.33.